The van der Waals surface area contributed by atoms with Gasteiger partial charge in [0, 0.05) is 0 Å². The van der Waals surface area contributed by atoms with Gasteiger partial charge in [-0.15, -0.1) is 0 Å². The predicted molar refractivity (Wildman–Crippen MR) is 143 cm³/mol. The minimum absolute atomic E-state index is 0.0437. The van der Waals surface area contributed by atoms with E-state index in [2.05, 4.69) is 33.9 Å². The van der Waals surface area contributed by atoms with E-state index in [0.29, 0.717) is 11.3 Å². The predicted octanol–water partition coefficient (Wildman–Crippen LogP) is 3.64. The largest absolute Gasteiger partial charge is 0.497 e. The molecular formula is C28H40O9Si. The number of methoxy groups -OCH3 is 1. The molecule has 0 radical (unpaired) electrons. The number of hydrogen-bond acceptors (Lipinski definition) is 9. The molecule has 1 aromatic rings. The van der Waals surface area contributed by atoms with Gasteiger partial charge in [0.05, 0.1) is 32.0 Å². The van der Waals surface area contributed by atoms with Gasteiger partial charge in [-0.2, -0.15) is 0 Å². The first kappa shape index (κ1) is 30.0. The van der Waals surface area contributed by atoms with Crippen LogP contribution < -0.4 is 4.74 Å². The molecule has 1 aromatic carbocycles. The van der Waals surface area contributed by atoms with Crippen LogP contribution >= 0.6 is 0 Å². The summed E-state index contributed by atoms with van der Waals surface area (Å²) in [4.78, 5) is 26.0. The second-order valence-corrected chi connectivity index (χ2v) is 16.0. The second-order valence-electron chi connectivity index (χ2n) is 11.2. The van der Waals surface area contributed by atoms with Crippen LogP contribution in [-0.2, 0) is 34.8 Å². The average molecular weight is 549 g/mol. The zero-order valence-electron chi connectivity index (χ0n) is 23.4. The molecule has 2 aliphatic rings. The maximum Gasteiger partial charge on any atom is 0.339 e. The van der Waals surface area contributed by atoms with Crippen molar-refractivity contribution in [1.82, 2.24) is 0 Å². The molecule has 38 heavy (non-hydrogen) atoms. The minimum Gasteiger partial charge on any atom is -0.497 e. The van der Waals surface area contributed by atoms with Gasteiger partial charge in [-0.1, -0.05) is 39.0 Å². The monoisotopic (exact) mass is 548 g/mol. The third kappa shape index (κ3) is 5.89. The molecule has 0 saturated carbocycles. The Morgan fingerprint density at radius 1 is 1.16 bits per heavy atom. The molecular weight excluding hydrogens is 508 g/mol. The summed E-state index contributed by atoms with van der Waals surface area (Å²) in [5.41, 5.74) is -1.05. The molecule has 1 unspecified atom stereocenters. The van der Waals surface area contributed by atoms with Crippen LogP contribution in [0.3, 0.4) is 0 Å². The molecule has 10 heteroatoms. The fourth-order valence-corrected chi connectivity index (χ4v) is 5.72. The van der Waals surface area contributed by atoms with Crippen LogP contribution in [0.1, 0.15) is 40.2 Å². The Kier molecular flexibility index (Phi) is 8.94. The summed E-state index contributed by atoms with van der Waals surface area (Å²) in [6.07, 6.45) is -0.880. The Hall–Kier alpha value is -2.50. The summed E-state index contributed by atoms with van der Waals surface area (Å²) < 4.78 is 28.6. The molecule has 0 fully saturated rings. The normalized spacial score (nSPS) is 27.9. The summed E-state index contributed by atoms with van der Waals surface area (Å²) in [5, 5.41) is 22.3. The van der Waals surface area contributed by atoms with E-state index < -0.39 is 50.3 Å². The molecule has 0 amide bonds. The number of carbonyl (C=O) groups excluding carboxylic acids is 2. The van der Waals surface area contributed by atoms with Crippen molar-refractivity contribution < 1.29 is 43.2 Å². The van der Waals surface area contributed by atoms with E-state index in [0.717, 1.165) is 11.6 Å². The Labute approximate surface area is 225 Å². The molecule has 0 saturated heterocycles. The number of esters is 2. The Morgan fingerprint density at radius 2 is 1.79 bits per heavy atom. The molecule has 2 N–H and O–H groups in total. The van der Waals surface area contributed by atoms with Gasteiger partial charge in [-0.25, -0.2) is 4.79 Å². The average Bonchev–Trinajstić information content (AvgIpc) is 3.18. The number of carbonyl (C=O) groups is 2. The van der Waals surface area contributed by atoms with Crippen molar-refractivity contribution in [1.29, 1.82) is 0 Å². The summed E-state index contributed by atoms with van der Waals surface area (Å²) in [6.45, 7) is 14.0. The van der Waals surface area contributed by atoms with E-state index in [4.69, 9.17) is 23.4 Å². The first-order chi connectivity index (χ1) is 17.7. The minimum atomic E-state index is -2.44. The van der Waals surface area contributed by atoms with Gasteiger partial charge in [-0.05, 0) is 61.3 Å². The Bertz CT molecular complexity index is 1090. The van der Waals surface area contributed by atoms with Crippen molar-refractivity contribution in [3.05, 3.63) is 53.1 Å². The molecule has 0 bridgehead atoms. The SMILES string of the molecule is CCOC(=O)[C@@H]1C=C(C)[C@@H](O[Si](C)(C)C(C)(C)C)[C@H](OCc2ccc(OC)cc2)[C@@]1(O)C1=CC(O)OC1=O. The fraction of sp³-hybridized carbons (Fsp3) is 0.571. The van der Waals surface area contributed by atoms with Crippen LogP contribution in [0.15, 0.2) is 47.6 Å². The Balaban J connectivity index is 2.15. The van der Waals surface area contributed by atoms with Crippen molar-refractivity contribution >= 4 is 20.3 Å². The molecule has 3 rings (SSSR count). The highest BCUT2D eigenvalue weighted by Crippen LogP contribution is 2.47. The van der Waals surface area contributed by atoms with Crippen molar-refractivity contribution in [2.75, 3.05) is 13.7 Å². The molecule has 1 aliphatic carbocycles. The van der Waals surface area contributed by atoms with Gasteiger partial charge in [0.15, 0.2) is 8.32 Å². The summed E-state index contributed by atoms with van der Waals surface area (Å²) in [5.74, 6) is -2.29. The zero-order chi connectivity index (χ0) is 28.5. The van der Waals surface area contributed by atoms with Crippen LogP contribution in [0.5, 0.6) is 5.75 Å². The third-order valence-electron chi connectivity index (χ3n) is 7.61. The van der Waals surface area contributed by atoms with Crippen LogP contribution in [0.25, 0.3) is 0 Å². The van der Waals surface area contributed by atoms with Gasteiger partial charge >= 0.3 is 11.9 Å². The number of rotatable bonds is 9. The first-order valence-corrected chi connectivity index (χ1v) is 15.7. The van der Waals surface area contributed by atoms with Crippen molar-refractivity contribution in [2.24, 2.45) is 5.92 Å². The number of ether oxygens (including phenoxy) is 4. The second kappa shape index (κ2) is 11.3. The topological polar surface area (TPSA) is 121 Å². The van der Waals surface area contributed by atoms with Gasteiger partial charge in [0.2, 0.25) is 6.29 Å². The lowest BCUT2D eigenvalue weighted by atomic mass is 9.69. The quantitative estimate of drug-likeness (QED) is 0.271. The van der Waals surface area contributed by atoms with Crippen LogP contribution in [0.4, 0.5) is 0 Å². The lowest BCUT2D eigenvalue weighted by Gasteiger charge is -2.49. The third-order valence-corrected chi connectivity index (χ3v) is 12.1. The van der Waals surface area contributed by atoms with Crippen LogP contribution in [-0.4, -0.2) is 68.3 Å². The van der Waals surface area contributed by atoms with Crippen LogP contribution in [0, 0.1) is 5.92 Å². The molecule has 0 spiro atoms. The smallest absolute Gasteiger partial charge is 0.339 e. The number of aliphatic hydroxyl groups is 2. The number of cyclic esters (lactones) is 1. The van der Waals surface area contributed by atoms with Gasteiger partial charge in [0.1, 0.15) is 23.4 Å². The van der Waals surface area contributed by atoms with E-state index in [1.165, 1.54) is 0 Å². The lowest BCUT2D eigenvalue weighted by Crippen LogP contribution is -2.64. The first-order valence-electron chi connectivity index (χ1n) is 12.8. The summed E-state index contributed by atoms with van der Waals surface area (Å²) >= 11 is 0. The van der Waals surface area contributed by atoms with Gasteiger partial charge in [-0.3, -0.25) is 4.79 Å². The van der Waals surface area contributed by atoms with E-state index in [1.807, 2.05) is 19.1 Å². The van der Waals surface area contributed by atoms with Crippen molar-refractivity contribution in [3.63, 3.8) is 0 Å². The van der Waals surface area contributed by atoms with E-state index in [9.17, 15) is 19.8 Å². The maximum atomic E-state index is 13.2. The van der Waals surface area contributed by atoms with Gasteiger partial charge < -0.3 is 33.6 Å². The number of aliphatic hydroxyl groups excluding tert-OH is 1. The molecule has 1 heterocycles. The van der Waals surface area contributed by atoms with Crippen molar-refractivity contribution in [2.45, 2.75) is 83.5 Å². The molecule has 9 nitrogen and oxygen atoms in total. The van der Waals surface area contributed by atoms with Crippen LogP contribution in [0.2, 0.25) is 18.1 Å². The fourth-order valence-electron chi connectivity index (χ4n) is 4.42. The highest BCUT2D eigenvalue weighted by Gasteiger charge is 2.61. The highest BCUT2D eigenvalue weighted by atomic mass is 28.4. The Morgan fingerprint density at radius 3 is 2.29 bits per heavy atom. The van der Waals surface area contributed by atoms with E-state index in [1.54, 1.807) is 32.2 Å². The molecule has 5 atom stereocenters. The summed E-state index contributed by atoms with van der Waals surface area (Å²) in [7, 11) is -0.870. The standard InChI is InChI=1S/C28H40O9Si/c1-9-34-25(30)20-14-17(2)23(37-38(7,8)27(3,4)5)24(28(20,32)21-15-22(29)36-26(21)31)35-16-18-10-12-19(33-6)13-11-18/h10-15,20,22-24,29,32H,9,16H2,1-8H3/t20-,22?,23+,24-,28-/m0/s1. The maximum absolute atomic E-state index is 13.2. The highest BCUT2D eigenvalue weighted by molar-refractivity contribution is 6.74. The van der Waals surface area contributed by atoms with E-state index in [-0.39, 0.29) is 23.8 Å². The molecule has 210 valence electrons. The molecule has 0 aromatic heterocycles. The number of benzene rings is 1. The summed E-state index contributed by atoms with van der Waals surface area (Å²) in [6, 6.07) is 7.22. The van der Waals surface area contributed by atoms with Crippen molar-refractivity contribution in [3.8, 4) is 5.75 Å². The number of hydrogen-bond donors (Lipinski definition) is 2. The zero-order valence-corrected chi connectivity index (χ0v) is 24.4. The van der Waals surface area contributed by atoms with E-state index >= 15 is 0 Å². The lowest BCUT2D eigenvalue weighted by molar-refractivity contribution is -0.181. The van der Waals surface area contributed by atoms with Gasteiger partial charge in [0.25, 0.3) is 0 Å². The molecule has 1 aliphatic heterocycles.